The van der Waals surface area contributed by atoms with Crippen LogP contribution in [0.15, 0.2) is 18.2 Å². The number of rotatable bonds is 5. The van der Waals surface area contributed by atoms with Crippen LogP contribution in [0.5, 0.6) is 0 Å². The third kappa shape index (κ3) is 4.31. The van der Waals surface area contributed by atoms with Crippen molar-refractivity contribution in [2.24, 2.45) is 11.7 Å². The summed E-state index contributed by atoms with van der Waals surface area (Å²) in [6, 6.07) is 5.19. The molecule has 1 aromatic rings. The van der Waals surface area contributed by atoms with Crippen molar-refractivity contribution in [3.05, 3.63) is 35.1 Å². The van der Waals surface area contributed by atoms with Gasteiger partial charge in [-0.15, -0.1) is 0 Å². The van der Waals surface area contributed by atoms with Crippen LogP contribution in [0.3, 0.4) is 0 Å². The molecular formula is C14H22FN. The second-order valence-corrected chi connectivity index (χ2v) is 5.00. The van der Waals surface area contributed by atoms with Crippen LogP contribution in [0.25, 0.3) is 0 Å². The van der Waals surface area contributed by atoms with E-state index in [0.717, 1.165) is 30.4 Å². The average molecular weight is 223 g/mol. The van der Waals surface area contributed by atoms with E-state index in [1.807, 2.05) is 13.0 Å². The Morgan fingerprint density at radius 2 is 2.00 bits per heavy atom. The minimum absolute atomic E-state index is 0.155. The molecule has 0 aliphatic carbocycles. The molecule has 0 bridgehead atoms. The fourth-order valence-electron chi connectivity index (χ4n) is 1.97. The summed E-state index contributed by atoms with van der Waals surface area (Å²) in [5.74, 6) is 0.474. The van der Waals surface area contributed by atoms with Crippen molar-refractivity contribution < 1.29 is 4.39 Å². The van der Waals surface area contributed by atoms with Gasteiger partial charge in [0.25, 0.3) is 0 Å². The van der Waals surface area contributed by atoms with Crippen molar-refractivity contribution >= 4 is 0 Å². The van der Waals surface area contributed by atoms with Crippen molar-refractivity contribution in [3.63, 3.8) is 0 Å². The summed E-state index contributed by atoms with van der Waals surface area (Å²) in [4.78, 5) is 0. The SMILES string of the molecule is Cc1ccc(F)cc1CCC(N)CC(C)C. The molecule has 0 fully saturated rings. The van der Waals surface area contributed by atoms with Crippen LogP contribution in [-0.2, 0) is 6.42 Å². The van der Waals surface area contributed by atoms with E-state index in [2.05, 4.69) is 13.8 Å². The lowest BCUT2D eigenvalue weighted by molar-refractivity contribution is 0.472. The van der Waals surface area contributed by atoms with Crippen LogP contribution < -0.4 is 5.73 Å². The van der Waals surface area contributed by atoms with Crippen molar-refractivity contribution in [2.45, 2.75) is 46.1 Å². The van der Waals surface area contributed by atoms with Crippen LogP contribution >= 0.6 is 0 Å². The summed E-state index contributed by atoms with van der Waals surface area (Å²) >= 11 is 0. The fraction of sp³-hybridized carbons (Fsp3) is 0.571. The van der Waals surface area contributed by atoms with Crippen LogP contribution in [0.2, 0.25) is 0 Å². The van der Waals surface area contributed by atoms with Gasteiger partial charge in [-0.05, 0) is 55.4 Å². The van der Waals surface area contributed by atoms with E-state index >= 15 is 0 Å². The van der Waals surface area contributed by atoms with E-state index in [9.17, 15) is 4.39 Å². The van der Waals surface area contributed by atoms with E-state index in [0.29, 0.717) is 5.92 Å². The van der Waals surface area contributed by atoms with E-state index in [1.54, 1.807) is 6.07 Å². The highest BCUT2D eigenvalue weighted by atomic mass is 19.1. The molecule has 2 heteroatoms. The Bertz CT molecular complexity index is 334. The highest BCUT2D eigenvalue weighted by Crippen LogP contribution is 2.15. The fourth-order valence-corrected chi connectivity index (χ4v) is 1.97. The molecule has 90 valence electrons. The highest BCUT2D eigenvalue weighted by Gasteiger charge is 2.07. The van der Waals surface area contributed by atoms with Gasteiger partial charge in [0.2, 0.25) is 0 Å². The second kappa shape index (κ2) is 6.00. The molecule has 0 aromatic heterocycles. The molecule has 0 saturated carbocycles. The molecule has 16 heavy (non-hydrogen) atoms. The predicted octanol–water partition coefficient (Wildman–Crippen LogP) is 3.44. The second-order valence-electron chi connectivity index (χ2n) is 5.00. The monoisotopic (exact) mass is 223 g/mol. The Balaban J connectivity index is 2.51. The lowest BCUT2D eigenvalue weighted by atomic mass is 9.96. The number of nitrogens with two attached hydrogens (primary N) is 1. The van der Waals surface area contributed by atoms with Gasteiger partial charge < -0.3 is 5.73 Å². The minimum atomic E-state index is -0.155. The first-order valence-electron chi connectivity index (χ1n) is 5.99. The topological polar surface area (TPSA) is 26.0 Å². The van der Waals surface area contributed by atoms with E-state index in [1.165, 1.54) is 6.07 Å². The molecule has 0 amide bonds. The maximum Gasteiger partial charge on any atom is 0.123 e. The Hall–Kier alpha value is -0.890. The van der Waals surface area contributed by atoms with Gasteiger partial charge in [-0.25, -0.2) is 4.39 Å². The maximum atomic E-state index is 13.1. The molecule has 1 rings (SSSR count). The average Bonchev–Trinajstić information content (AvgIpc) is 2.18. The summed E-state index contributed by atoms with van der Waals surface area (Å²) < 4.78 is 13.1. The normalized spacial score (nSPS) is 13.1. The molecule has 1 unspecified atom stereocenters. The molecule has 1 aromatic carbocycles. The molecule has 0 heterocycles. The lowest BCUT2D eigenvalue weighted by Crippen LogP contribution is -2.22. The first-order chi connectivity index (χ1) is 7.49. The van der Waals surface area contributed by atoms with Gasteiger partial charge in [-0.3, -0.25) is 0 Å². The number of benzene rings is 1. The molecule has 2 N–H and O–H groups in total. The summed E-state index contributed by atoms with van der Waals surface area (Å²) in [5.41, 5.74) is 8.25. The van der Waals surface area contributed by atoms with Crippen molar-refractivity contribution in [1.29, 1.82) is 0 Å². The Kier molecular flexibility index (Phi) is 4.94. The molecule has 0 saturated heterocycles. The zero-order chi connectivity index (χ0) is 12.1. The van der Waals surface area contributed by atoms with Gasteiger partial charge in [0, 0.05) is 6.04 Å². The molecule has 1 nitrogen and oxygen atoms in total. The van der Waals surface area contributed by atoms with Crippen molar-refractivity contribution in [2.75, 3.05) is 0 Å². The van der Waals surface area contributed by atoms with Crippen molar-refractivity contribution in [3.8, 4) is 0 Å². The third-order valence-electron chi connectivity index (χ3n) is 2.87. The van der Waals surface area contributed by atoms with E-state index in [-0.39, 0.29) is 11.9 Å². The lowest BCUT2D eigenvalue weighted by Gasteiger charge is -2.14. The zero-order valence-corrected chi connectivity index (χ0v) is 10.5. The molecular weight excluding hydrogens is 201 g/mol. The van der Waals surface area contributed by atoms with Gasteiger partial charge in [0.15, 0.2) is 0 Å². The Morgan fingerprint density at radius 3 is 2.62 bits per heavy atom. The Labute approximate surface area is 97.9 Å². The van der Waals surface area contributed by atoms with E-state index < -0.39 is 0 Å². The van der Waals surface area contributed by atoms with Crippen LogP contribution in [0.4, 0.5) is 4.39 Å². The predicted molar refractivity (Wildman–Crippen MR) is 66.9 cm³/mol. The zero-order valence-electron chi connectivity index (χ0n) is 10.5. The summed E-state index contributed by atoms with van der Waals surface area (Å²) in [6.07, 6.45) is 2.84. The van der Waals surface area contributed by atoms with Crippen molar-refractivity contribution in [1.82, 2.24) is 0 Å². The summed E-state index contributed by atoms with van der Waals surface area (Å²) in [7, 11) is 0. The quantitative estimate of drug-likeness (QED) is 0.813. The first-order valence-corrected chi connectivity index (χ1v) is 5.99. The van der Waals surface area contributed by atoms with Crippen LogP contribution in [-0.4, -0.2) is 6.04 Å². The summed E-state index contributed by atoms with van der Waals surface area (Å²) in [5, 5.41) is 0. The standard InChI is InChI=1S/C14H22FN/c1-10(2)8-14(16)7-5-12-9-13(15)6-4-11(12)3/h4,6,9-10,14H,5,7-8,16H2,1-3H3. The number of hydrogen-bond donors (Lipinski definition) is 1. The third-order valence-corrected chi connectivity index (χ3v) is 2.87. The van der Waals surface area contributed by atoms with Crippen LogP contribution in [0, 0.1) is 18.7 Å². The minimum Gasteiger partial charge on any atom is -0.328 e. The van der Waals surface area contributed by atoms with E-state index in [4.69, 9.17) is 5.73 Å². The number of hydrogen-bond acceptors (Lipinski definition) is 1. The molecule has 1 atom stereocenters. The van der Waals surface area contributed by atoms with Gasteiger partial charge in [-0.1, -0.05) is 19.9 Å². The van der Waals surface area contributed by atoms with Gasteiger partial charge in [0.1, 0.15) is 5.82 Å². The molecule has 0 aliphatic heterocycles. The summed E-state index contributed by atoms with van der Waals surface area (Å²) in [6.45, 7) is 6.36. The molecule has 0 spiro atoms. The Morgan fingerprint density at radius 1 is 1.31 bits per heavy atom. The van der Waals surface area contributed by atoms with Gasteiger partial charge >= 0.3 is 0 Å². The highest BCUT2D eigenvalue weighted by molar-refractivity contribution is 5.26. The number of aryl methyl sites for hydroxylation is 2. The smallest absolute Gasteiger partial charge is 0.123 e. The molecule has 0 radical (unpaired) electrons. The van der Waals surface area contributed by atoms with Gasteiger partial charge in [0.05, 0.1) is 0 Å². The van der Waals surface area contributed by atoms with Crippen LogP contribution in [0.1, 0.15) is 37.8 Å². The van der Waals surface area contributed by atoms with Gasteiger partial charge in [-0.2, -0.15) is 0 Å². The number of halogens is 1. The molecule has 0 aliphatic rings. The first kappa shape index (κ1) is 13.2. The largest absolute Gasteiger partial charge is 0.328 e. The maximum absolute atomic E-state index is 13.1.